The molecule has 4 N–H and O–H groups in total. The molecule has 1 saturated carbocycles. The molecule has 278 valence electrons. The maximum atomic E-state index is 14.1. The van der Waals surface area contributed by atoms with Crippen LogP contribution in [0, 0.1) is 23.2 Å². The minimum Gasteiger partial charge on any atom is -0.379 e. The Balaban J connectivity index is 1.72. The number of rotatable bonds is 18. The molecular weight excluding hydrogens is 622 g/mol. The summed E-state index contributed by atoms with van der Waals surface area (Å²) in [5.74, 6) is -1.46. The van der Waals surface area contributed by atoms with Gasteiger partial charge in [-0.1, -0.05) is 59.3 Å². The van der Waals surface area contributed by atoms with Gasteiger partial charge in [-0.2, -0.15) is 0 Å². The number of hydrogen-bond donors (Lipinski definition) is 3. The van der Waals surface area contributed by atoms with E-state index in [0.717, 1.165) is 44.9 Å². The Morgan fingerprint density at radius 1 is 1.10 bits per heavy atom. The fraction of sp³-hybridized carbons (Fsp3) is 0.789. The number of ether oxygens (including phenoxy) is 2. The highest BCUT2D eigenvalue weighted by molar-refractivity contribution is 5.91. The largest absolute Gasteiger partial charge is 0.379 e. The number of nitrogens with two attached hydrogens (primary N) is 1. The van der Waals surface area contributed by atoms with Crippen molar-refractivity contribution in [3.8, 4) is 0 Å². The van der Waals surface area contributed by atoms with Crippen LogP contribution in [0.25, 0.3) is 0 Å². The predicted molar refractivity (Wildman–Crippen MR) is 192 cm³/mol. The van der Waals surface area contributed by atoms with Gasteiger partial charge in [0.1, 0.15) is 6.04 Å². The lowest BCUT2D eigenvalue weighted by Crippen LogP contribution is -2.60. The molecule has 1 saturated heterocycles. The van der Waals surface area contributed by atoms with Crippen molar-refractivity contribution in [2.45, 2.75) is 136 Å². The first-order chi connectivity index (χ1) is 23.0. The van der Waals surface area contributed by atoms with E-state index in [-0.39, 0.29) is 47.4 Å². The first-order valence-electron chi connectivity index (χ1n) is 18.4. The van der Waals surface area contributed by atoms with E-state index < -0.39 is 41.7 Å². The van der Waals surface area contributed by atoms with Gasteiger partial charge >= 0.3 is 0 Å². The molecule has 11 heteroatoms. The molecule has 0 aromatic rings. The van der Waals surface area contributed by atoms with Crippen LogP contribution >= 0.6 is 0 Å². The van der Waals surface area contributed by atoms with Gasteiger partial charge in [0.05, 0.1) is 42.2 Å². The van der Waals surface area contributed by atoms with Gasteiger partial charge in [0.25, 0.3) is 0 Å². The number of methoxy groups -OCH3 is 2. The van der Waals surface area contributed by atoms with Crippen LogP contribution in [0.5, 0.6) is 0 Å². The van der Waals surface area contributed by atoms with E-state index in [1.54, 1.807) is 40.0 Å². The first-order valence-corrected chi connectivity index (χ1v) is 18.4. The molecule has 4 amide bonds. The molecule has 3 unspecified atom stereocenters. The molecule has 2 aliphatic carbocycles. The van der Waals surface area contributed by atoms with Crippen molar-refractivity contribution in [1.82, 2.24) is 20.4 Å². The van der Waals surface area contributed by atoms with E-state index >= 15 is 0 Å². The van der Waals surface area contributed by atoms with E-state index in [9.17, 15) is 19.2 Å². The lowest BCUT2D eigenvalue weighted by atomic mass is 9.89. The predicted octanol–water partition coefficient (Wildman–Crippen LogP) is 3.96. The van der Waals surface area contributed by atoms with E-state index in [1.807, 2.05) is 39.5 Å². The van der Waals surface area contributed by atoms with Crippen LogP contribution in [0.1, 0.15) is 99.8 Å². The fourth-order valence-corrected chi connectivity index (χ4v) is 7.51. The highest BCUT2D eigenvalue weighted by Crippen LogP contribution is 2.52. The Labute approximate surface area is 295 Å². The molecule has 2 fully saturated rings. The Kier molecular flexibility index (Phi) is 14.5. The highest BCUT2D eigenvalue weighted by Gasteiger charge is 2.47. The van der Waals surface area contributed by atoms with Crippen molar-refractivity contribution >= 4 is 23.6 Å². The standard InChI is InChI=1S/C38H65N5O6/c1-11-25(4)32(42(8)35(46)31(24(2)3)41-36(47)37(6,7)39)29(48-9)22-30(44)43-21-15-18-28(43)33(49-10)26(5)34(45)40-23-38(19-20-38)27-16-13-12-14-17-27/h13,16-17,24-26,28-29,31-33H,11-12,14-15,18-23,39H2,1-10H3,(H,40,45)(H,41,47)/t25-,26?,28-,29+,31-,32?,33?/m0/s1. The molecular formula is C38H65N5O6. The molecule has 0 spiro atoms. The zero-order valence-corrected chi connectivity index (χ0v) is 31.8. The number of likely N-dealkylation sites (N-methyl/N-ethyl adjacent to an activating group) is 1. The smallest absolute Gasteiger partial charge is 0.245 e. The number of likely N-dealkylation sites (tertiary alicyclic amines) is 1. The van der Waals surface area contributed by atoms with Gasteiger partial charge in [-0.3, -0.25) is 19.2 Å². The number of nitrogens with one attached hydrogen (secondary N) is 2. The van der Waals surface area contributed by atoms with Crippen molar-refractivity contribution in [1.29, 1.82) is 0 Å². The summed E-state index contributed by atoms with van der Waals surface area (Å²) in [5.41, 5.74) is 6.26. The quantitative estimate of drug-likeness (QED) is 0.198. The normalized spacial score (nSPS) is 22.4. The SMILES string of the molecule is CC[C@H](C)C([C@@H](CC(=O)N1CCC[C@H]1C(OC)C(C)C(=O)NCC1(C2=CCCC=C2)CC1)OC)N(C)C(=O)[C@@H](NC(=O)C(C)(C)N)C(C)C. The van der Waals surface area contributed by atoms with Gasteiger partial charge < -0.3 is 35.6 Å². The maximum absolute atomic E-state index is 14.1. The summed E-state index contributed by atoms with van der Waals surface area (Å²) in [4.78, 5) is 57.8. The zero-order chi connectivity index (χ0) is 36.7. The molecule has 3 aliphatic rings. The summed E-state index contributed by atoms with van der Waals surface area (Å²) >= 11 is 0. The van der Waals surface area contributed by atoms with Crippen molar-refractivity contribution in [2.75, 3.05) is 34.4 Å². The molecule has 0 aromatic heterocycles. The third-order valence-corrected chi connectivity index (χ3v) is 11.1. The van der Waals surface area contributed by atoms with Gasteiger partial charge in [-0.15, -0.1) is 0 Å². The monoisotopic (exact) mass is 687 g/mol. The van der Waals surface area contributed by atoms with E-state index in [1.165, 1.54) is 5.57 Å². The molecule has 0 bridgehead atoms. The lowest BCUT2D eigenvalue weighted by molar-refractivity contribution is -0.148. The zero-order valence-electron chi connectivity index (χ0n) is 31.8. The number of nitrogens with zero attached hydrogens (tertiary/aromatic N) is 2. The van der Waals surface area contributed by atoms with Crippen molar-refractivity contribution in [3.05, 3.63) is 23.8 Å². The molecule has 0 radical (unpaired) electrons. The molecule has 3 rings (SSSR count). The van der Waals surface area contributed by atoms with Gasteiger partial charge in [0.15, 0.2) is 0 Å². The molecule has 11 nitrogen and oxygen atoms in total. The summed E-state index contributed by atoms with van der Waals surface area (Å²) in [5, 5.41) is 6.06. The van der Waals surface area contributed by atoms with Crippen molar-refractivity contribution in [3.63, 3.8) is 0 Å². The van der Waals surface area contributed by atoms with Crippen molar-refractivity contribution < 1.29 is 28.7 Å². The van der Waals surface area contributed by atoms with Crippen LogP contribution in [0.4, 0.5) is 0 Å². The summed E-state index contributed by atoms with van der Waals surface area (Å²) in [6.07, 6.45) is 12.3. The summed E-state index contributed by atoms with van der Waals surface area (Å²) in [6, 6.07) is -1.47. The Morgan fingerprint density at radius 2 is 1.78 bits per heavy atom. The number of hydrogen-bond acceptors (Lipinski definition) is 7. The van der Waals surface area contributed by atoms with Crippen LogP contribution in [0.3, 0.4) is 0 Å². The Morgan fingerprint density at radius 3 is 2.29 bits per heavy atom. The van der Waals surface area contributed by atoms with Gasteiger partial charge in [0, 0.05) is 39.8 Å². The minimum atomic E-state index is -1.14. The Hall–Kier alpha value is -2.76. The summed E-state index contributed by atoms with van der Waals surface area (Å²) < 4.78 is 12.0. The second-order valence-corrected chi connectivity index (χ2v) is 15.6. The van der Waals surface area contributed by atoms with E-state index in [2.05, 4.69) is 28.9 Å². The second kappa shape index (κ2) is 17.4. The third kappa shape index (κ3) is 9.94. The molecule has 1 aliphatic heterocycles. The average molecular weight is 688 g/mol. The summed E-state index contributed by atoms with van der Waals surface area (Å²) in [6.45, 7) is 14.1. The first kappa shape index (κ1) is 40.7. The molecule has 0 aromatic carbocycles. The van der Waals surface area contributed by atoms with E-state index in [0.29, 0.717) is 13.1 Å². The van der Waals surface area contributed by atoms with Crippen molar-refractivity contribution in [2.24, 2.45) is 28.9 Å². The highest BCUT2D eigenvalue weighted by atomic mass is 16.5. The van der Waals surface area contributed by atoms with Crippen LogP contribution in [-0.4, -0.2) is 104 Å². The van der Waals surface area contributed by atoms with Gasteiger partial charge in [0.2, 0.25) is 23.6 Å². The van der Waals surface area contributed by atoms with Crippen LogP contribution in [-0.2, 0) is 28.7 Å². The number of allylic oxidation sites excluding steroid dienone is 3. The number of carbonyl (C=O) groups excluding carboxylic acids is 4. The third-order valence-electron chi connectivity index (χ3n) is 11.1. The van der Waals surface area contributed by atoms with Crippen LogP contribution < -0.4 is 16.4 Å². The number of carbonyl (C=O) groups is 4. The maximum Gasteiger partial charge on any atom is 0.245 e. The molecule has 7 atom stereocenters. The van der Waals surface area contributed by atoms with Gasteiger partial charge in [-0.05, 0) is 69.8 Å². The average Bonchev–Trinajstić information content (AvgIpc) is 3.72. The minimum absolute atomic E-state index is 0.000560. The topological polar surface area (TPSA) is 143 Å². The Bertz CT molecular complexity index is 1220. The van der Waals surface area contributed by atoms with Crippen LogP contribution in [0.15, 0.2) is 23.8 Å². The number of amides is 4. The lowest BCUT2D eigenvalue weighted by Gasteiger charge is -2.41. The summed E-state index contributed by atoms with van der Waals surface area (Å²) in [7, 11) is 4.90. The molecule has 49 heavy (non-hydrogen) atoms. The fourth-order valence-electron chi connectivity index (χ4n) is 7.51. The van der Waals surface area contributed by atoms with Crippen LogP contribution in [0.2, 0.25) is 0 Å². The van der Waals surface area contributed by atoms with Gasteiger partial charge in [-0.25, -0.2) is 0 Å². The molecule has 1 heterocycles. The second-order valence-electron chi connectivity index (χ2n) is 15.6. The van der Waals surface area contributed by atoms with E-state index in [4.69, 9.17) is 15.2 Å².